The van der Waals surface area contributed by atoms with E-state index in [0.717, 1.165) is 0 Å². The van der Waals surface area contributed by atoms with Gasteiger partial charge < -0.3 is 17.6 Å². The maximum atomic E-state index is 8.56. The summed E-state index contributed by atoms with van der Waals surface area (Å²) >= 11 is 0. The summed E-state index contributed by atoms with van der Waals surface area (Å²) in [5, 5.41) is 13.9. The number of carboxylic acid groups (broad SMARTS) is 2. The SMILES string of the molecule is O=C(O)O.[CH3-].[Li+]. The van der Waals surface area contributed by atoms with Crippen molar-refractivity contribution in [3.63, 3.8) is 0 Å². The molecule has 0 rings (SSSR count). The van der Waals surface area contributed by atoms with Gasteiger partial charge in [-0.3, -0.25) is 0 Å². The van der Waals surface area contributed by atoms with Gasteiger partial charge in [0.25, 0.3) is 0 Å². The molecule has 0 aliphatic carbocycles. The maximum absolute atomic E-state index is 8.56. The van der Waals surface area contributed by atoms with Crippen LogP contribution in [0.25, 0.3) is 0 Å². The molecule has 0 bridgehead atoms. The van der Waals surface area contributed by atoms with Crippen LogP contribution in [0.3, 0.4) is 0 Å². The molecule has 0 radical (unpaired) electrons. The molecule has 32 valence electrons. The van der Waals surface area contributed by atoms with E-state index in [1.165, 1.54) is 0 Å². The van der Waals surface area contributed by atoms with Crippen molar-refractivity contribution in [3.8, 4) is 0 Å². The van der Waals surface area contributed by atoms with Gasteiger partial charge in [0.05, 0.1) is 0 Å². The molecular formula is C2H5LiO3. The average Bonchev–Trinajstić information content (AvgIpc) is 0.811. The van der Waals surface area contributed by atoms with Crippen molar-refractivity contribution in [2.75, 3.05) is 0 Å². The fraction of sp³-hybridized carbons (Fsp3) is 0. The van der Waals surface area contributed by atoms with Gasteiger partial charge in [0.2, 0.25) is 0 Å². The first-order chi connectivity index (χ1) is 1.73. The van der Waals surface area contributed by atoms with E-state index < -0.39 is 6.16 Å². The predicted octanol–water partition coefficient (Wildman–Crippen LogP) is -2.32. The molecule has 0 aromatic carbocycles. The van der Waals surface area contributed by atoms with Gasteiger partial charge in [0.15, 0.2) is 0 Å². The minimum atomic E-state index is -1.83. The van der Waals surface area contributed by atoms with Gasteiger partial charge in [0, 0.05) is 0 Å². The number of carbonyl (C=O) groups is 1. The number of rotatable bonds is 0. The summed E-state index contributed by atoms with van der Waals surface area (Å²) in [7, 11) is 0. The molecule has 0 unspecified atom stereocenters. The van der Waals surface area contributed by atoms with Gasteiger partial charge in [-0.2, -0.15) is 0 Å². The van der Waals surface area contributed by atoms with Crippen LogP contribution in [0.4, 0.5) is 4.79 Å². The fourth-order valence-electron chi connectivity index (χ4n) is 0. The Kier molecular flexibility index (Phi) is 24.9. The van der Waals surface area contributed by atoms with Gasteiger partial charge in [-0.1, -0.05) is 0 Å². The molecule has 0 saturated carbocycles. The zero-order chi connectivity index (χ0) is 3.58. The monoisotopic (exact) mass is 84.0 g/mol. The average molecular weight is 84.0 g/mol. The van der Waals surface area contributed by atoms with Gasteiger partial charge in [-0.25, -0.2) is 4.79 Å². The first kappa shape index (κ1) is 16.9. The summed E-state index contributed by atoms with van der Waals surface area (Å²) in [6.07, 6.45) is -1.83. The Labute approximate surface area is 48.2 Å². The van der Waals surface area contributed by atoms with E-state index in [1.54, 1.807) is 0 Å². The molecule has 0 heterocycles. The van der Waals surface area contributed by atoms with Crippen LogP contribution < -0.4 is 18.9 Å². The molecule has 2 N–H and O–H groups in total. The summed E-state index contributed by atoms with van der Waals surface area (Å²) in [6, 6.07) is 0. The Morgan fingerprint density at radius 1 is 1.33 bits per heavy atom. The van der Waals surface area contributed by atoms with E-state index in [1.807, 2.05) is 0 Å². The summed E-state index contributed by atoms with van der Waals surface area (Å²) in [5.41, 5.74) is 0. The minimum Gasteiger partial charge on any atom is -0.450 e. The summed E-state index contributed by atoms with van der Waals surface area (Å²) < 4.78 is 0. The topological polar surface area (TPSA) is 57.5 Å². The van der Waals surface area contributed by atoms with Crippen LogP contribution in [0.2, 0.25) is 0 Å². The molecule has 0 amide bonds. The molecule has 3 nitrogen and oxygen atoms in total. The normalized spacial score (nSPS) is 4.00. The van der Waals surface area contributed by atoms with Gasteiger partial charge >= 0.3 is 25.0 Å². The Morgan fingerprint density at radius 2 is 1.33 bits per heavy atom. The van der Waals surface area contributed by atoms with E-state index in [4.69, 9.17) is 15.0 Å². The summed E-state index contributed by atoms with van der Waals surface area (Å²) in [4.78, 5) is 8.56. The summed E-state index contributed by atoms with van der Waals surface area (Å²) in [6.45, 7) is 0. The first-order valence-corrected chi connectivity index (χ1v) is 0.651. The smallest absolute Gasteiger partial charge is 0.450 e. The Hall–Kier alpha value is -0.133. The van der Waals surface area contributed by atoms with Gasteiger partial charge in [-0.15, -0.1) is 0 Å². The Morgan fingerprint density at radius 3 is 1.33 bits per heavy atom. The van der Waals surface area contributed by atoms with E-state index in [0.29, 0.717) is 0 Å². The summed E-state index contributed by atoms with van der Waals surface area (Å²) in [5.74, 6) is 0. The molecule has 0 aliphatic heterocycles. The largest absolute Gasteiger partial charge is 1.00 e. The number of hydrogen-bond acceptors (Lipinski definition) is 1. The molecule has 0 aliphatic rings. The van der Waals surface area contributed by atoms with Crippen LogP contribution in [-0.2, 0) is 0 Å². The third-order valence-electron chi connectivity index (χ3n) is 0. The van der Waals surface area contributed by atoms with Crippen molar-refractivity contribution in [1.82, 2.24) is 0 Å². The second-order valence-corrected chi connectivity index (χ2v) is 0.283. The molecule has 0 aromatic rings. The minimum absolute atomic E-state index is 0. The van der Waals surface area contributed by atoms with E-state index >= 15 is 0 Å². The first-order valence-electron chi connectivity index (χ1n) is 0.651. The zero-order valence-corrected chi connectivity index (χ0v) is 3.80. The van der Waals surface area contributed by atoms with Crippen LogP contribution in [-0.4, -0.2) is 16.4 Å². The molecule has 0 fully saturated rings. The predicted molar refractivity (Wildman–Crippen MR) is 17.1 cm³/mol. The number of hydrogen-bond donors (Lipinski definition) is 2. The van der Waals surface area contributed by atoms with Crippen molar-refractivity contribution in [2.45, 2.75) is 0 Å². The van der Waals surface area contributed by atoms with Crippen LogP contribution in [0.1, 0.15) is 0 Å². The third kappa shape index (κ3) is 1810. The molecule has 0 aromatic heterocycles. The van der Waals surface area contributed by atoms with Crippen molar-refractivity contribution < 1.29 is 33.9 Å². The van der Waals surface area contributed by atoms with E-state index in [-0.39, 0.29) is 26.3 Å². The van der Waals surface area contributed by atoms with Crippen molar-refractivity contribution in [1.29, 1.82) is 0 Å². The van der Waals surface area contributed by atoms with E-state index in [9.17, 15) is 0 Å². The zero-order valence-electron chi connectivity index (χ0n) is 3.80. The molecule has 4 heteroatoms. The molecule has 6 heavy (non-hydrogen) atoms. The molecule has 0 spiro atoms. The second-order valence-electron chi connectivity index (χ2n) is 0.283. The van der Waals surface area contributed by atoms with Crippen molar-refractivity contribution in [3.05, 3.63) is 7.43 Å². The van der Waals surface area contributed by atoms with Crippen LogP contribution >= 0.6 is 0 Å². The Bertz CT molecular complexity index is 31.8. The van der Waals surface area contributed by atoms with E-state index in [2.05, 4.69) is 0 Å². The van der Waals surface area contributed by atoms with Gasteiger partial charge in [-0.05, 0) is 0 Å². The second kappa shape index (κ2) is 8.85. The van der Waals surface area contributed by atoms with Crippen LogP contribution in [0, 0.1) is 7.43 Å². The van der Waals surface area contributed by atoms with Crippen LogP contribution in [0.5, 0.6) is 0 Å². The fourth-order valence-corrected chi connectivity index (χ4v) is 0. The van der Waals surface area contributed by atoms with Gasteiger partial charge in [0.1, 0.15) is 0 Å². The molecular weight excluding hydrogens is 79.0 g/mol. The quantitative estimate of drug-likeness (QED) is 0.256. The Balaban J connectivity index is -0.0000000450. The molecule has 0 atom stereocenters. The van der Waals surface area contributed by atoms with Crippen molar-refractivity contribution >= 4 is 6.16 Å². The van der Waals surface area contributed by atoms with Crippen molar-refractivity contribution in [2.24, 2.45) is 0 Å². The molecule has 0 saturated heterocycles. The third-order valence-corrected chi connectivity index (χ3v) is 0. The van der Waals surface area contributed by atoms with Crippen LogP contribution in [0.15, 0.2) is 0 Å². The standard InChI is InChI=1S/CH2O3.CH3.Li/c2-1(3)4;;/h(H2,2,3,4);1H3;/q;-1;+1. The maximum Gasteiger partial charge on any atom is 1.00 e.